The first kappa shape index (κ1) is 20.5. The molecule has 2 atom stereocenters. The fourth-order valence-electron chi connectivity index (χ4n) is 4.62. The van der Waals surface area contributed by atoms with Gasteiger partial charge in [0.1, 0.15) is 17.3 Å². The van der Waals surface area contributed by atoms with Crippen molar-refractivity contribution in [1.29, 1.82) is 0 Å². The highest BCUT2D eigenvalue weighted by Gasteiger charge is 2.22. The Labute approximate surface area is 187 Å². The normalized spacial score (nSPS) is 18.9. The molecule has 0 amide bonds. The van der Waals surface area contributed by atoms with Crippen molar-refractivity contribution in [3.8, 4) is 22.5 Å². The summed E-state index contributed by atoms with van der Waals surface area (Å²) in [7, 11) is 1.89. The van der Waals surface area contributed by atoms with Gasteiger partial charge < -0.3 is 19.8 Å². The maximum atomic E-state index is 12.4. The molecule has 4 heterocycles. The number of hydrogen-bond acceptors (Lipinski definition) is 5. The fourth-order valence-corrected chi connectivity index (χ4v) is 4.62. The molecule has 164 valence electrons. The SMILES string of the molecule is Cc1cc(N2C[C@H](C)N[C@@H](C)C2)ncc1-c1ccc(-c2nc3c(ccn3C)c(=O)[nH]2)cc1. The van der Waals surface area contributed by atoms with Crippen LogP contribution in [0.4, 0.5) is 5.82 Å². The first-order valence-corrected chi connectivity index (χ1v) is 11.0. The van der Waals surface area contributed by atoms with E-state index in [0.29, 0.717) is 28.9 Å². The molecule has 0 bridgehead atoms. The monoisotopic (exact) mass is 428 g/mol. The zero-order valence-electron chi connectivity index (χ0n) is 18.9. The summed E-state index contributed by atoms with van der Waals surface area (Å²) in [6.45, 7) is 8.47. The molecule has 0 radical (unpaired) electrons. The molecule has 0 unspecified atom stereocenters. The lowest BCUT2D eigenvalue weighted by Crippen LogP contribution is -2.54. The molecule has 1 fully saturated rings. The number of aromatic nitrogens is 4. The van der Waals surface area contributed by atoms with Crippen LogP contribution in [0.3, 0.4) is 0 Å². The summed E-state index contributed by atoms with van der Waals surface area (Å²) in [5.41, 5.74) is 4.82. The Hall–Kier alpha value is -3.45. The number of benzene rings is 1. The minimum atomic E-state index is -0.123. The molecule has 1 aromatic carbocycles. The number of anilines is 1. The number of nitrogens with one attached hydrogen (secondary N) is 2. The summed E-state index contributed by atoms with van der Waals surface area (Å²) in [6.07, 6.45) is 3.81. The molecular formula is C25H28N6O. The van der Waals surface area contributed by atoms with Crippen LogP contribution in [0, 0.1) is 6.92 Å². The van der Waals surface area contributed by atoms with E-state index in [2.05, 4.69) is 59.2 Å². The number of fused-ring (bicyclic) bond motifs is 1. The van der Waals surface area contributed by atoms with Crippen LogP contribution >= 0.6 is 0 Å². The molecule has 1 saturated heterocycles. The molecule has 0 saturated carbocycles. The van der Waals surface area contributed by atoms with Gasteiger partial charge in [0, 0.05) is 55.7 Å². The molecule has 5 rings (SSSR count). The molecule has 4 aromatic rings. The van der Waals surface area contributed by atoms with Crippen molar-refractivity contribution in [2.24, 2.45) is 7.05 Å². The Morgan fingerprint density at radius 2 is 1.72 bits per heavy atom. The minimum absolute atomic E-state index is 0.123. The predicted molar refractivity (Wildman–Crippen MR) is 129 cm³/mol. The van der Waals surface area contributed by atoms with Gasteiger partial charge in [-0.3, -0.25) is 4.79 Å². The average Bonchev–Trinajstić information content (AvgIpc) is 3.14. The Bertz CT molecular complexity index is 1330. The van der Waals surface area contributed by atoms with Gasteiger partial charge in [-0.2, -0.15) is 0 Å². The molecule has 1 aliphatic heterocycles. The summed E-state index contributed by atoms with van der Waals surface area (Å²) in [4.78, 5) is 27.1. The van der Waals surface area contributed by atoms with Crippen molar-refractivity contribution in [3.05, 3.63) is 64.7 Å². The first-order chi connectivity index (χ1) is 15.4. The number of hydrogen-bond donors (Lipinski definition) is 2. The highest BCUT2D eigenvalue weighted by atomic mass is 16.1. The van der Waals surface area contributed by atoms with Gasteiger partial charge in [0.2, 0.25) is 0 Å². The van der Waals surface area contributed by atoms with Gasteiger partial charge in [-0.25, -0.2) is 9.97 Å². The molecular weight excluding hydrogens is 400 g/mol. The molecule has 3 aromatic heterocycles. The topological polar surface area (TPSA) is 78.8 Å². The third-order valence-electron chi connectivity index (χ3n) is 6.18. The number of rotatable bonds is 3. The second-order valence-corrected chi connectivity index (χ2v) is 8.89. The molecule has 0 aliphatic carbocycles. The van der Waals surface area contributed by atoms with Crippen LogP contribution in [0.5, 0.6) is 0 Å². The van der Waals surface area contributed by atoms with Crippen LogP contribution in [0.1, 0.15) is 19.4 Å². The van der Waals surface area contributed by atoms with Crippen LogP contribution in [0.25, 0.3) is 33.5 Å². The molecule has 0 spiro atoms. The van der Waals surface area contributed by atoms with Gasteiger partial charge in [-0.1, -0.05) is 24.3 Å². The highest BCUT2D eigenvalue weighted by molar-refractivity contribution is 5.78. The zero-order valence-corrected chi connectivity index (χ0v) is 18.9. The second kappa shape index (κ2) is 7.91. The number of H-pyrrole nitrogens is 1. The molecule has 7 heteroatoms. The van der Waals surface area contributed by atoms with Gasteiger partial charge in [-0.15, -0.1) is 0 Å². The number of aromatic amines is 1. The third-order valence-corrected chi connectivity index (χ3v) is 6.18. The van der Waals surface area contributed by atoms with E-state index in [9.17, 15) is 4.79 Å². The Morgan fingerprint density at radius 3 is 2.41 bits per heavy atom. The number of pyridine rings is 1. The van der Waals surface area contributed by atoms with Gasteiger partial charge in [0.05, 0.1) is 5.39 Å². The molecule has 32 heavy (non-hydrogen) atoms. The van der Waals surface area contributed by atoms with E-state index in [1.165, 1.54) is 5.56 Å². The Balaban J connectivity index is 1.43. The number of nitrogens with zero attached hydrogens (tertiary/aromatic N) is 4. The van der Waals surface area contributed by atoms with E-state index in [4.69, 9.17) is 4.98 Å². The summed E-state index contributed by atoms with van der Waals surface area (Å²) < 4.78 is 1.86. The fraction of sp³-hybridized carbons (Fsp3) is 0.320. The zero-order chi connectivity index (χ0) is 22.4. The van der Waals surface area contributed by atoms with E-state index in [1.54, 1.807) is 6.07 Å². The van der Waals surface area contributed by atoms with Gasteiger partial charge in [0.15, 0.2) is 0 Å². The van der Waals surface area contributed by atoms with E-state index in [1.807, 2.05) is 36.1 Å². The molecule has 1 aliphatic rings. The maximum absolute atomic E-state index is 12.4. The number of piperazine rings is 1. The van der Waals surface area contributed by atoms with Crippen LogP contribution < -0.4 is 15.8 Å². The maximum Gasteiger partial charge on any atom is 0.260 e. The van der Waals surface area contributed by atoms with E-state index < -0.39 is 0 Å². The highest BCUT2D eigenvalue weighted by Crippen LogP contribution is 2.28. The smallest absolute Gasteiger partial charge is 0.260 e. The lowest BCUT2D eigenvalue weighted by Gasteiger charge is -2.37. The van der Waals surface area contributed by atoms with E-state index in [0.717, 1.165) is 35.6 Å². The Morgan fingerprint density at radius 1 is 1.03 bits per heavy atom. The van der Waals surface area contributed by atoms with E-state index >= 15 is 0 Å². The van der Waals surface area contributed by atoms with Crippen molar-refractivity contribution < 1.29 is 0 Å². The quantitative estimate of drug-likeness (QED) is 0.522. The summed E-state index contributed by atoms with van der Waals surface area (Å²) in [5.74, 6) is 1.60. The van der Waals surface area contributed by atoms with Crippen molar-refractivity contribution in [2.45, 2.75) is 32.9 Å². The van der Waals surface area contributed by atoms with Crippen molar-refractivity contribution in [1.82, 2.24) is 24.8 Å². The van der Waals surface area contributed by atoms with Crippen LogP contribution in [-0.4, -0.2) is 44.7 Å². The van der Waals surface area contributed by atoms with Crippen LogP contribution in [0.15, 0.2) is 53.6 Å². The standard InChI is InChI=1S/C25H28N6O/c1-15-11-22(31-13-16(2)27-17(3)14-31)26-12-21(15)18-5-7-19(8-6-18)23-28-24-20(25(32)29-23)9-10-30(24)4/h5-12,16-17,27H,13-14H2,1-4H3,(H,28,29,32)/t16-,17-/m0/s1. The predicted octanol–water partition coefficient (Wildman–Crippen LogP) is 3.49. The minimum Gasteiger partial charge on any atom is -0.354 e. The second-order valence-electron chi connectivity index (χ2n) is 8.89. The summed E-state index contributed by atoms with van der Waals surface area (Å²) in [5, 5.41) is 4.17. The summed E-state index contributed by atoms with van der Waals surface area (Å²) >= 11 is 0. The first-order valence-electron chi connectivity index (χ1n) is 11.0. The average molecular weight is 429 g/mol. The van der Waals surface area contributed by atoms with Crippen LogP contribution in [0.2, 0.25) is 0 Å². The molecule has 7 nitrogen and oxygen atoms in total. The lowest BCUT2D eigenvalue weighted by atomic mass is 10.0. The third kappa shape index (κ3) is 3.69. The lowest BCUT2D eigenvalue weighted by molar-refractivity contribution is 0.405. The van der Waals surface area contributed by atoms with Crippen LogP contribution in [-0.2, 0) is 7.05 Å². The van der Waals surface area contributed by atoms with Gasteiger partial charge in [-0.05, 0) is 44.0 Å². The van der Waals surface area contributed by atoms with Gasteiger partial charge >= 0.3 is 0 Å². The van der Waals surface area contributed by atoms with E-state index in [-0.39, 0.29) is 5.56 Å². The Kier molecular flexibility index (Phi) is 5.06. The number of aryl methyl sites for hydroxylation is 2. The molecule has 2 N–H and O–H groups in total. The van der Waals surface area contributed by atoms with Crippen molar-refractivity contribution >= 4 is 16.9 Å². The largest absolute Gasteiger partial charge is 0.354 e. The van der Waals surface area contributed by atoms with Crippen molar-refractivity contribution in [2.75, 3.05) is 18.0 Å². The van der Waals surface area contributed by atoms with Crippen molar-refractivity contribution in [3.63, 3.8) is 0 Å². The summed E-state index contributed by atoms with van der Waals surface area (Å²) in [6, 6.07) is 13.0. The van der Waals surface area contributed by atoms with Gasteiger partial charge in [0.25, 0.3) is 5.56 Å².